The van der Waals surface area contributed by atoms with Crippen molar-refractivity contribution in [3.8, 4) is 5.69 Å². The van der Waals surface area contributed by atoms with Gasteiger partial charge in [0.2, 0.25) is 11.8 Å². The van der Waals surface area contributed by atoms with Crippen molar-refractivity contribution in [2.24, 2.45) is 0 Å². The first-order valence-corrected chi connectivity index (χ1v) is 8.87. The quantitative estimate of drug-likeness (QED) is 0.591. The van der Waals surface area contributed by atoms with Crippen molar-refractivity contribution in [2.45, 2.75) is 13.8 Å². The van der Waals surface area contributed by atoms with Gasteiger partial charge in [0.15, 0.2) is 0 Å². The fourth-order valence-electron chi connectivity index (χ4n) is 2.66. The maximum absolute atomic E-state index is 12.5. The Morgan fingerprint density at radius 2 is 1.89 bits per heavy atom. The Morgan fingerprint density at radius 3 is 2.61 bits per heavy atom. The van der Waals surface area contributed by atoms with Crippen LogP contribution in [0.5, 0.6) is 0 Å². The van der Waals surface area contributed by atoms with Crippen LogP contribution >= 0.6 is 11.6 Å². The minimum Gasteiger partial charge on any atom is -0.376 e. The van der Waals surface area contributed by atoms with Gasteiger partial charge in [0.05, 0.1) is 17.9 Å². The molecule has 2 aromatic carbocycles. The van der Waals surface area contributed by atoms with Crippen molar-refractivity contribution in [2.75, 3.05) is 22.5 Å². The Hall–Kier alpha value is -3.39. The van der Waals surface area contributed by atoms with E-state index in [1.54, 1.807) is 35.0 Å². The smallest absolute Gasteiger partial charge is 0.243 e. The lowest BCUT2D eigenvalue weighted by Crippen LogP contribution is -2.23. The number of carbonyl (C=O) groups is 2. The zero-order chi connectivity index (χ0) is 20.1. The minimum absolute atomic E-state index is 0.0354. The number of amides is 2. The van der Waals surface area contributed by atoms with E-state index in [1.165, 1.54) is 19.6 Å². The molecular formula is C19H19ClN6O2. The first kappa shape index (κ1) is 19.4. The van der Waals surface area contributed by atoms with Gasteiger partial charge < -0.3 is 16.0 Å². The molecule has 0 aliphatic heterocycles. The fraction of sp³-hybridized carbons (Fsp3) is 0.158. The highest BCUT2D eigenvalue weighted by Gasteiger charge is 2.11. The molecule has 0 saturated carbocycles. The molecule has 0 aliphatic carbocycles. The number of hydrogen-bond donors (Lipinski definition) is 3. The molecule has 2 amide bonds. The SMILES string of the molecule is CC(=O)Nc1cccc(NCC(=O)Nc2cc(Cl)ccc2-n2cncn2)c1C. The van der Waals surface area contributed by atoms with Crippen LogP contribution in [0.2, 0.25) is 5.02 Å². The van der Waals surface area contributed by atoms with Crippen LogP contribution in [0.1, 0.15) is 12.5 Å². The first-order valence-electron chi connectivity index (χ1n) is 8.49. The maximum atomic E-state index is 12.5. The number of benzene rings is 2. The Morgan fingerprint density at radius 1 is 1.11 bits per heavy atom. The summed E-state index contributed by atoms with van der Waals surface area (Å²) in [5.41, 5.74) is 3.47. The largest absolute Gasteiger partial charge is 0.376 e. The Kier molecular flexibility index (Phi) is 5.90. The third kappa shape index (κ3) is 4.66. The van der Waals surface area contributed by atoms with Gasteiger partial charge in [0.25, 0.3) is 0 Å². The monoisotopic (exact) mass is 398 g/mol. The molecule has 8 nitrogen and oxygen atoms in total. The van der Waals surface area contributed by atoms with Gasteiger partial charge in [0.1, 0.15) is 12.7 Å². The number of anilines is 3. The minimum atomic E-state index is -0.257. The maximum Gasteiger partial charge on any atom is 0.243 e. The molecule has 28 heavy (non-hydrogen) atoms. The highest BCUT2D eigenvalue weighted by atomic mass is 35.5. The molecule has 0 bridgehead atoms. The van der Waals surface area contributed by atoms with E-state index in [2.05, 4.69) is 26.0 Å². The van der Waals surface area contributed by atoms with Crippen molar-refractivity contribution in [3.05, 3.63) is 59.6 Å². The van der Waals surface area contributed by atoms with E-state index in [0.29, 0.717) is 22.1 Å². The number of hydrogen-bond acceptors (Lipinski definition) is 5. The molecule has 1 aromatic heterocycles. The van der Waals surface area contributed by atoms with Crippen LogP contribution in [-0.2, 0) is 9.59 Å². The van der Waals surface area contributed by atoms with E-state index in [-0.39, 0.29) is 18.4 Å². The molecule has 3 aromatic rings. The molecule has 9 heteroatoms. The number of halogens is 1. The van der Waals surface area contributed by atoms with E-state index in [4.69, 9.17) is 11.6 Å². The normalized spacial score (nSPS) is 10.4. The molecular weight excluding hydrogens is 380 g/mol. The summed E-state index contributed by atoms with van der Waals surface area (Å²) < 4.78 is 1.54. The standard InChI is InChI=1S/C19H19ClN6O2/c1-12-15(4-3-5-16(12)24-13(2)27)22-9-19(28)25-17-8-14(20)6-7-18(17)26-11-21-10-23-26/h3-8,10-11,22H,9H2,1-2H3,(H,24,27)(H,25,28). The number of aromatic nitrogens is 3. The Labute approximate surface area is 166 Å². The van der Waals surface area contributed by atoms with E-state index < -0.39 is 0 Å². The number of nitrogens with one attached hydrogen (secondary N) is 3. The Balaban J connectivity index is 1.71. The highest BCUT2D eigenvalue weighted by molar-refractivity contribution is 6.31. The third-order valence-electron chi connectivity index (χ3n) is 3.98. The van der Waals surface area contributed by atoms with Gasteiger partial charge in [-0.3, -0.25) is 9.59 Å². The third-order valence-corrected chi connectivity index (χ3v) is 4.22. The van der Waals surface area contributed by atoms with Crippen LogP contribution < -0.4 is 16.0 Å². The lowest BCUT2D eigenvalue weighted by atomic mass is 10.1. The zero-order valence-electron chi connectivity index (χ0n) is 15.4. The van der Waals surface area contributed by atoms with E-state index in [9.17, 15) is 9.59 Å². The van der Waals surface area contributed by atoms with Crippen molar-refractivity contribution < 1.29 is 9.59 Å². The van der Waals surface area contributed by atoms with Gasteiger partial charge in [-0.05, 0) is 42.8 Å². The molecule has 0 fully saturated rings. The van der Waals surface area contributed by atoms with Crippen LogP contribution in [0.3, 0.4) is 0 Å². The topological polar surface area (TPSA) is 101 Å². The van der Waals surface area contributed by atoms with Gasteiger partial charge in [-0.15, -0.1) is 0 Å². The van der Waals surface area contributed by atoms with Gasteiger partial charge in [-0.2, -0.15) is 5.10 Å². The highest BCUT2D eigenvalue weighted by Crippen LogP contribution is 2.25. The average Bonchev–Trinajstić information content (AvgIpc) is 3.16. The summed E-state index contributed by atoms with van der Waals surface area (Å²) in [6.45, 7) is 3.35. The summed E-state index contributed by atoms with van der Waals surface area (Å²) in [5.74, 6) is -0.410. The van der Waals surface area contributed by atoms with Gasteiger partial charge >= 0.3 is 0 Å². The van der Waals surface area contributed by atoms with Gasteiger partial charge in [0, 0.05) is 23.3 Å². The van der Waals surface area contributed by atoms with Gasteiger partial charge in [-0.1, -0.05) is 17.7 Å². The summed E-state index contributed by atoms with van der Waals surface area (Å²) in [4.78, 5) is 27.7. The lowest BCUT2D eigenvalue weighted by Gasteiger charge is -2.15. The molecule has 3 N–H and O–H groups in total. The first-order chi connectivity index (χ1) is 13.4. The second kappa shape index (κ2) is 8.53. The van der Waals surface area contributed by atoms with Crippen LogP contribution in [0.25, 0.3) is 5.69 Å². The average molecular weight is 399 g/mol. The van der Waals surface area contributed by atoms with E-state index >= 15 is 0 Å². The zero-order valence-corrected chi connectivity index (χ0v) is 16.1. The molecule has 0 saturated heterocycles. The predicted octanol–water partition coefficient (Wildman–Crippen LogP) is 3.24. The van der Waals surface area contributed by atoms with E-state index in [0.717, 1.165) is 11.3 Å². The second-order valence-corrected chi connectivity index (χ2v) is 6.50. The second-order valence-electron chi connectivity index (χ2n) is 6.06. The number of carbonyl (C=O) groups excluding carboxylic acids is 2. The van der Waals surface area contributed by atoms with Crippen LogP contribution in [0, 0.1) is 6.92 Å². The summed E-state index contributed by atoms with van der Waals surface area (Å²) >= 11 is 6.07. The summed E-state index contributed by atoms with van der Waals surface area (Å²) in [6, 6.07) is 10.6. The summed E-state index contributed by atoms with van der Waals surface area (Å²) in [5, 5.41) is 13.3. The molecule has 0 radical (unpaired) electrons. The van der Waals surface area contributed by atoms with E-state index in [1.807, 2.05) is 13.0 Å². The molecule has 0 spiro atoms. The number of nitrogens with zero attached hydrogens (tertiary/aromatic N) is 3. The van der Waals surface area contributed by atoms with Crippen molar-refractivity contribution in [1.82, 2.24) is 14.8 Å². The molecule has 3 rings (SSSR count). The van der Waals surface area contributed by atoms with Crippen LogP contribution in [-0.4, -0.2) is 33.1 Å². The van der Waals surface area contributed by atoms with Crippen LogP contribution in [0.15, 0.2) is 49.1 Å². The summed E-state index contributed by atoms with van der Waals surface area (Å²) in [6.07, 6.45) is 2.95. The Bertz CT molecular complexity index is 1000. The van der Waals surface area contributed by atoms with Crippen molar-refractivity contribution in [3.63, 3.8) is 0 Å². The van der Waals surface area contributed by atoms with Gasteiger partial charge in [-0.25, -0.2) is 9.67 Å². The molecule has 0 unspecified atom stereocenters. The summed E-state index contributed by atoms with van der Waals surface area (Å²) in [7, 11) is 0. The lowest BCUT2D eigenvalue weighted by molar-refractivity contribution is -0.115. The van der Waals surface area contributed by atoms with Crippen LogP contribution in [0.4, 0.5) is 17.1 Å². The number of rotatable bonds is 6. The predicted molar refractivity (Wildman–Crippen MR) is 109 cm³/mol. The fourth-order valence-corrected chi connectivity index (χ4v) is 2.84. The molecule has 0 aliphatic rings. The molecule has 0 atom stereocenters. The van der Waals surface area contributed by atoms with Crippen molar-refractivity contribution >= 4 is 40.5 Å². The molecule has 144 valence electrons. The van der Waals surface area contributed by atoms with Crippen molar-refractivity contribution in [1.29, 1.82) is 0 Å². The molecule has 1 heterocycles.